The van der Waals surface area contributed by atoms with Crippen LogP contribution in [0.15, 0.2) is 73.1 Å². The smallest absolute Gasteiger partial charge is 0.315 e. The number of aromatic nitrogens is 2. The monoisotopic (exact) mass is 377 g/mol. The molecular formula is C21H23N5O2. The van der Waals surface area contributed by atoms with Crippen molar-refractivity contribution in [2.75, 3.05) is 13.1 Å². The molecule has 3 aromatic rings. The van der Waals surface area contributed by atoms with Gasteiger partial charge in [-0.05, 0) is 29.3 Å². The minimum absolute atomic E-state index is 0.157. The lowest BCUT2D eigenvalue weighted by Gasteiger charge is -2.12. The Labute approximate surface area is 163 Å². The van der Waals surface area contributed by atoms with E-state index in [1.807, 2.05) is 59.4 Å². The number of carbonyl (C=O) groups is 2. The van der Waals surface area contributed by atoms with E-state index in [1.165, 1.54) is 0 Å². The Hall–Kier alpha value is -3.61. The lowest BCUT2D eigenvalue weighted by Crippen LogP contribution is -2.40. The maximum Gasteiger partial charge on any atom is 0.315 e. The molecular weight excluding hydrogens is 354 g/mol. The van der Waals surface area contributed by atoms with Gasteiger partial charge in [0.05, 0.1) is 6.54 Å². The van der Waals surface area contributed by atoms with Crippen LogP contribution in [0.3, 0.4) is 0 Å². The Morgan fingerprint density at radius 1 is 0.821 bits per heavy atom. The largest absolute Gasteiger partial charge is 0.350 e. The molecule has 0 aliphatic carbocycles. The van der Waals surface area contributed by atoms with Crippen molar-refractivity contribution in [2.24, 2.45) is 0 Å². The second kappa shape index (κ2) is 9.91. The molecule has 144 valence electrons. The molecule has 0 aliphatic heterocycles. The third-order valence-corrected chi connectivity index (χ3v) is 4.18. The molecule has 0 fully saturated rings. The van der Waals surface area contributed by atoms with Gasteiger partial charge in [-0.2, -0.15) is 5.10 Å². The van der Waals surface area contributed by atoms with Gasteiger partial charge in [-0.3, -0.25) is 9.48 Å². The summed E-state index contributed by atoms with van der Waals surface area (Å²) in [7, 11) is 0. The maximum atomic E-state index is 12.0. The molecule has 3 N–H and O–H groups in total. The number of hydrogen-bond donors (Lipinski definition) is 3. The van der Waals surface area contributed by atoms with Crippen LogP contribution in [0.1, 0.15) is 21.5 Å². The SMILES string of the molecule is O=C(NCCNC(=O)c1ccccc1)NCc1ccccc1Cn1cccn1. The van der Waals surface area contributed by atoms with Crippen molar-refractivity contribution in [1.82, 2.24) is 25.7 Å². The van der Waals surface area contributed by atoms with Gasteiger partial charge in [0.25, 0.3) is 5.91 Å². The lowest BCUT2D eigenvalue weighted by atomic mass is 10.1. The summed E-state index contributed by atoms with van der Waals surface area (Å²) in [5.41, 5.74) is 2.73. The minimum Gasteiger partial charge on any atom is -0.350 e. The molecule has 0 bridgehead atoms. The van der Waals surface area contributed by atoms with Crippen LogP contribution in [-0.2, 0) is 13.1 Å². The molecule has 3 amide bonds. The molecule has 0 unspecified atom stereocenters. The average Bonchev–Trinajstić information content (AvgIpc) is 3.24. The third kappa shape index (κ3) is 5.70. The summed E-state index contributed by atoms with van der Waals surface area (Å²) >= 11 is 0. The van der Waals surface area contributed by atoms with Gasteiger partial charge in [-0.25, -0.2) is 4.79 Å². The van der Waals surface area contributed by atoms with E-state index in [-0.39, 0.29) is 11.9 Å². The molecule has 0 saturated carbocycles. The fourth-order valence-electron chi connectivity index (χ4n) is 2.73. The van der Waals surface area contributed by atoms with Crippen molar-refractivity contribution in [2.45, 2.75) is 13.1 Å². The summed E-state index contributed by atoms with van der Waals surface area (Å²) in [4.78, 5) is 23.9. The Kier molecular flexibility index (Phi) is 6.78. The van der Waals surface area contributed by atoms with Gasteiger partial charge in [0.2, 0.25) is 0 Å². The van der Waals surface area contributed by atoms with Crippen molar-refractivity contribution in [3.63, 3.8) is 0 Å². The molecule has 2 aromatic carbocycles. The van der Waals surface area contributed by atoms with Gasteiger partial charge in [-0.1, -0.05) is 42.5 Å². The first kappa shape index (κ1) is 19.2. The van der Waals surface area contributed by atoms with E-state index in [1.54, 1.807) is 18.3 Å². The first-order valence-corrected chi connectivity index (χ1v) is 9.11. The summed E-state index contributed by atoms with van der Waals surface area (Å²) in [5.74, 6) is -0.157. The normalized spacial score (nSPS) is 10.3. The maximum absolute atomic E-state index is 12.0. The molecule has 1 heterocycles. The van der Waals surface area contributed by atoms with Crippen LogP contribution in [-0.4, -0.2) is 34.8 Å². The van der Waals surface area contributed by atoms with Crippen LogP contribution in [0.25, 0.3) is 0 Å². The summed E-state index contributed by atoms with van der Waals surface area (Å²) in [6, 6.07) is 18.5. The Morgan fingerprint density at radius 3 is 2.29 bits per heavy atom. The Bertz CT molecular complexity index is 894. The van der Waals surface area contributed by atoms with Gasteiger partial charge < -0.3 is 16.0 Å². The van der Waals surface area contributed by atoms with Gasteiger partial charge in [0.1, 0.15) is 0 Å². The summed E-state index contributed by atoms with van der Waals surface area (Å²) in [5, 5.41) is 12.6. The lowest BCUT2D eigenvalue weighted by molar-refractivity contribution is 0.0954. The number of nitrogens with zero attached hydrogens (tertiary/aromatic N) is 2. The molecule has 0 saturated heterocycles. The van der Waals surface area contributed by atoms with Crippen LogP contribution in [0.2, 0.25) is 0 Å². The van der Waals surface area contributed by atoms with E-state index in [0.717, 1.165) is 11.1 Å². The molecule has 28 heavy (non-hydrogen) atoms. The van der Waals surface area contributed by atoms with Crippen LogP contribution in [0.4, 0.5) is 4.79 Å². The molecule has 1 aromatic heterocycles. The number of carbonyl (C=O) groups excluding carboxylic acids is 2. The van der Waals surface area contributed by atoms with E-state index >= 15 is 0 Å². The first-order valence-electron chi connectivity index (χ1n) is 9.11. The molecule has 7 nitrogen and oxygen atoms in total. The zero-order valence-corrected chi connectivity index (χ0v) is 15.5. The number of urea groups is 1. The van der Waals surface area contributed by atoms with E-state index < -0.39 is 0 Å². The highest BCUT2D eigenvalue weighted by Gasteiger charge is 2.06. The highest BCUT2D eigenvalue weighted by atomic mass is 16.2. The van der Waals surface area contributed by atoms with Crippen molar-refractivity contribution in [1.29, 1.82) is 0 Å². The highest BCUT2D eigenvalue weighted by Crippen LogP contribution is 2.10. The standard InChI is InChI=1S/C21H23N5O2/c27-20(17-7-2-1-3-8-17)22-12-13-23-21(28)24-15-18-9-4-5-10-19(18)16-26-14-6-11-25-26/h1-11,14H,12-13,15-16H2,(H,22,27)(H2,23,24,28). The fourth-order valence-corrected chi connectivity index (χ4v) is 2.73. The van der Waals surface area contributed by atoms with Crippen LogP contribution in [0, 0.1) is 0 Å². The number of amides is 3. The average molecular weight is 377 g/mol. The molecule has 0 spiro atoms. The molecule has 0 radical (unpaired) electrons. The number of hydrogen-bond acceptors (Lipinski definition) is 3. The van der Waals surface area contributed by atoms with E-state index in [4.69, 9.17) is 0 Å². The minimum atomic E-state index is -0.275. The van der Waals surface area contributed by atoms with Gasteiger partial charge in [0, 0.05) is 37.6 Å². The van der Waals surface area contributed by atoms with Crippen LogP contribution < -0.4 is 16.0 Å². The summed E-state index contributed by atoms with van der Waals surface area (Å²) in [6.07, 6.45) is 3.64. The van der Waals surface area contributed by atoms with E-state index in [9.17, 15) is 9.59 Å². The van der Waals surface area contributed by atoms with E-state index in [0.29, 0.717) is 31.7 Å². The predicted molar refractivity (Wildman–Crippen MR) is 107 cm³/mol. The zero-order chi connectivity index (χ0) is 19.6. The second-order valence-electron chi connectivity index (χ2n) is 6.20. The highest BCUT2D eigenvalue weighted by molar-refractivity contribution is 5.94. The van der Waals surface area contributed by atoms with Crippen molar-refractivity contribution in [3.05, 3.63) is 89.7 Å². The molecule has 7 heteroatoms. The van der Waals surface area contributed by atoms with E-state index in [2.05, 4.69) is 21.0 Å². The van der Waals surface area contributed by atoms with Gasteiger partial charge in [-0.15, -0.1) is 0 Å². The number of benzene rings is 2. The number of nitrogens with one attached hydrogen (secondary N) is 3. The number of rotatable bonds is 8. The summed E-state index contributed by atoms with van der Waals surface area (Å²) < 4.78 is 1.84. The van der Waals surface area contributed by atoms with Gasteiger partial charge in [0.15, 0.2) is 0 Å². The third-order valence-electron chi connectivity index (χ3n) is 4.18. The first-order chi connectivity index (χ1) is 13.7. The fraction of sp³-hybridized carbons (Fsp3) is 0.190. The van der Waals surface area contributed by atoms with Crippen molar-refractivity contribution in [3.8, 4) is 0 Å². The molecule has 0 aliphatic rings. The summed E-state index contributed by atoms with van der Waals surface area (Å²) in [6.45, 7) is 1.77. The van der Waals surface area contributed by atoms with Gasteiger partial charge >= 0.3 is 6.03 Å². The Morgan fingerprint density at radius 2 is 1.54 bits per heavy atom. The quantitative estimate of drug-likeness (QED) is 0.526. The van der Waals surface area contributed by atoms with Crippen molar-refractivity contribution >= 4 is 11.9 Å². The Balaban J connectivity index is 1.39. The van der Waals surface area contributed by atoms with Crippen LogP contribution in [0.5, 0.6) is 0 Å². The predicted octanol–water partition coefficient (Wildman–Crippen LogP) is 2.16. The topological polar surface area (TPSA) is 88.0 Å². The molecule has 0 atom stereocenters. The van der Waals surface area contributed by atoms with Crippen molar-refractivity contribution < 1.29 is 9.59 Å². The zero-order valence-electron chi connectivity index (χ0n) is 15.5. The molecule has 3 rings (SSSR count). The second-order valence-corrected chi connectivity index (χ2v) is 6.20. The van der Waals surface area contributed by atoms with Crippen LogP contribution >= 0.6 is 0 Å².